The Hall–Kier alpha value is -1.13. The van der Waals surface area contributed by atoms with Crippen LogP contribution in [-0.4, -0.2) is 33.0 Å². The lowest BCUT2D eigenvalue weighted by molar-refractivity contribution is -0.138. The number of rotatable bonds is 5. The Morgan fingerprint density at radius 3 is 2.43 bits per heavy atom. The molecule has 128 valence electrons. The molecule has 1 saturated carbocycles. The molecule has 0 aromatic heterocycles. The SMILES string of the molecule is CC(C)c1cc(OC2C(Cl)CC(CC(=O)O)CC2Cl)ccc1O. The molecule has 0 radical (unpaired) electrons. The molecule has 2 atom stereocenters. The molecule has 2 N–H and O–H groups in total. The first-order chi connectivity index (χ1) is 10.8. The zero-order chi connectivity index (χ0) is 17.1. The van der Waals surface area contributed by atoms with Gasteiger partial charge in [0.2, 0.25) is 0 Å². The van der Waals surface area contributed by atoms with Gasteiger partial charge in [0.05, 0.1) is 10.8 Å². The second-order valence-electron chi connectivity index (χ2n) is 6.43. The Kier molecular flexibility index (Phi) is 6.04. The van der Waals surface area contributed by atoms with Gasteiger partial charge in [0.25, 0.3) is 0 Å². The molecule has 0 saturated heterocycles. The fraction of sp³-hybridized carbons (Fsp3) is 0.588. The van der Waals surface area contributed by atoms with Crippen LogP contribution in [0.15, 0.2) is 18.2 Å². The molecule has 0 bridgehead atoms. The first kappa shape index (κ1) is 18.2. The fourth-order valence-corrected chi connectivity index (χ4v) is 4.05. The molecule has 1 aromatic carbocycles. The van der Waals surface area contributed by atoms with E-state index in [4.69, 9.17) is 33.0 Å². The summed E-state index contributed by atoms with van der Waals surface area (Å²) in [6.45, 7) is 3.98. The second-order valence-corrected chi connectivity index (χ2v) is 7.55. The van der Waals surface area contributed by atoms with Crippen molar-refractivity contribution in [2.24, 2.45) is 5.92 Å². The third-order valence-corrected chi connectivity index (χ3v) is 5.04. The zero-order valence-corrected chi connectivity index (χ0v) is 14.7. The molecule has 1 aliphatic carbocycles. The van der Waals surface area contributed by atoms with Gasteiger partial charge < -0.3 is 14.9 Å². The molecule has 1 aliphatic rings. The summed E-state index contributed by atoms with van der Waals surface area (Å²) in [4.78, 5) is 10.8. The molecule has 2 rings (SSSR count). The largest absolute Gasteiger partial charge is 0.508 e. The molecule has 4 nitrogen and oxygen atoms in total. The zero-order valence-electron chi connectivity index (χ0n) is 13.2. The molecule has 6 heteroatoms. The average Bonchev–Trinajstić information content (AvgIpc) is 2.43. The number of phenolic OH excluding ortho intramolecular Hbond substituents is 1. The lowest BCUT2D eigenvalue weighted by atomic mass is 9.84. The van der Waals surface area contributed by atoms with Crippen LogP contribution in [0.25, 0.3) is 0 Å². The number of halogens is 2. The van der Waals surface area contributed by atoms with Crippen molar-refractivity contribution in [3.05, 3.63) is 23.8 Å². The van der Waals surface area contributed by atoms with Gasteiger partial charge in [-0.15, -0.1) is 23.2 Å². The van der Waals surface area contributed by atoms with Gasteiger partial charge in [0.1, 0.15) is 17.6 Å². The Labute approximate surface area is 146 Å². The van der Waals surface area contributed by atoms with Crippen molar-refractivity contribution in [1.82, 2.24) is 0 Å². The van der Waals surface area contributed by atoms with Gasteiger partial charge in [-0.3, -0.25) is 4.79 Å². The summed E-state index contributed by atoms with van der Waals surface area (Å²) >= 11 is 12.8. The van der Waals surface area contributed by atoms with E-state index in [0.29, 0.717) is 18.6 Å². The summed E-state index contributed by atoms with van der Waals surface area (Å²) in [6.07, 6.45) is 0.830. The third-order valence-electron chi connectivity index (χ3n) is 4.19. The number of benzene rings is 1. The number of carboxylic acid groups (broad SMARTS) is 1. The van der Waals surface area contributed by atoms with Gasteiger partial charge in [-0.2, -0.15) is 0 Å². The van der Waals surface area contributed by atoms with E-state index in [1.165, 1.54) is 0 Å². The van der Waals surface area contributed by atoms with E-state index >= 15 is 0 Å². The van der Waals surface area contributed by atoms with Crippen LogP contribution in [0.4, 0.5) is 0 Å². The van der Waals surface area contributed by atoms with E-state index in [1.807, 2.05) is 13.8 Å². The highest BCUT2D eigenvalue weighted by molar-refractivity contribution is 6.24. The van der Waals surface area contributed by atoms with Crippen LogP contribution in [0.5, 0.6) is 11.5 Å². The number of hydrogen-bond acceptors (Lipinski definition) is 3. The van der Waals surface area contributed by atoms with Gasteiger partial charge in [0.15, 0.2) is 0 Å². The Morgan fingerprint density at radius 1 is 1.30 bits per heavy atom. The summed E-state index contributed by atoms with van der Waals surface area (Å²) in [5, 5.41) is 18.1. The maximum absolute atomic E-state index is 10.8. The number of aliphatic carboxylic acids is 1. The molecule has 0 aliphatic heterocycles. The Balaban J connectivity index is 2.08. The average molecular weight is 361 g/mol. The first-order valence-corrected chi connectivity index (χ1v) is 8.64. The third kappa shape index (κ3) is 4.67. The molecule has 2 unspecified atom stereocenters. The number of aromatic hydroxyl groups is 1. The quantitative estimate of drug-likeness (QED) is 0.765. The summed E-state index contributed by atoms with van der Waals surface area (Å²) < 4.78 is 5.96. The highest BCUT2D eigenvalue weighted by atomic mass is 35.5. The lowest BCUT2D eigenvalue weighted by Gasteiger charge is -2.36. The summed E-state index contributed by atoms with van der Waals surface area (Å²) in [6, 6.07) is 5.10. The van der Waals surface area contributed by atoms with Crippen molar-refractivity contribution in [2.45, 2.75) is 55.9 Å². The van der Waals surface area contributed by atoms with Crippen LogP contribution >= 0.6 is 23.2 Å². The van der Waals surface area contributed by atoms with Crippen LogP contribution in [-0.2, 0) is 4.79 Å². The number of hydrogen-bond donors (Lipinski definition) is 2. The van der Waals surface area contributed by atoms with Crippen molar-refractivity contribution in [3.63, 3.8) is 0 Å². The Bertz CT molecular complexity index is 550. The highest BCUT2D eigenvalue weighted by Gasteiger charge is 2.38. The van der Waals surface area contributed by atoms with Crippen molar-refractivity contribution >= 4 is 29.2 Å². The molecule has 0 amide bonds. The van der Waals surface area contributed by atoms with Crippen LogP contribution in [0.2, 0.25) is 0 Å². The minimum absolute atomic E-state index is 0.0246. The normalized spacial score (nSPS) is 27.9. The number of phenols is 1. The predicted molar refractivity (Wildman–Crippen MR) is 90.9 cm³/mol. The van der Waals surface area contributed by atoms with Gasteiger partial charge in [-0.1, -0.05) is 13.8 Å². The monoisotopic (exact) mass is 360 g/mol. The lowest BCUT2D eigenvalue weighted by Crippen LogP contribution is -2.43. The highest BCUT2D eigenvalue weighted by Crippen LogP contribution is 2.37. The fourth-order valence-electron chi connectivity index (χ4n) is 3.01. The number of carbonyl (C=O) groups is 1. The van der Waals surface area contributed by atoms with Gasteiger partial charge >= 0.3 is 5.97 Å². The van der Waals surface area contributed by atoms with Gasteiger partial charge in [-0.05, 0) is 42.9 Å². The predicted octanol–water partition coefficient (Wildman–Crippen LogP) is 4.36. The molecule has 1 fully saturated rings. The van der Waals surface area contributed by atoms with Crippen LogP contribution in [0.1, 0.15) is 44.6 Å². The number of ether oxygens (including phenoxy) is 1. The summed E-state index contributed by atoms with van der Waals surface area (Å²) in [7, 11) is 0. The van der Waals surface area contributed by atoms with Gasteiger partial charge in [-0.25, -0.2) is 0 Å². The number of carboxylic acids is 1. The smallest absolute Gasteiger partial charge is 0.303 e. The maximum atomic E-state index is 10.8. The molecule has 0 spiro atoms. The molecule has 1 aromatic rings. The van der Waals surface area contributed by atoms with E-state index in [0.717, 1.165) is 5.56 Å². The minimum Gasteiger partial charge on any atom is -0.508 e. The van der Waals surface area contributed by atoms with Crippen LogP contribution < -0.4 is 4.74 Å². The summed E-state index contributed by atoms with van der Waals surface area (Å²) in [5.74, 6) is 0.168. The van der Waals surface area contributed by atoms with E-state index < -0.39 is 5.97 Å². The van der Waals surface area contributed by atoms with Crippen molar-refractivity contribution < 1.29 is 19.7 Å². The van der Waals surface area contributed by atoms with E-state index in [9.17, 15) is 9.90 Å². The molecular weight excluding hydrogens is 339 g/mol. The van der Waals surface area contributed by atoms with E-state index in [-0.39, 0.29) is 40.9 Å². The van der Waals surface area contributed by atoms with Crippen molar-refractivity contribution in [1.29, 1.82) is 0 Å². The van der Waals surface area contributed by atoms with E-state index in [2.05, 4.69) is 0 Å². The van der Waals surface area contributed by atoms with Crippen molar-refractivity contribution in [3.8, 4) is 11.5 Å². The van der Waals surface area contributed by atoms with Gasteiger partial charge in [0, 0.05) is 12.0 Å². The molecule has 23 heavy (non-hydrogen) atoms. The van der Waals surface area contributed by atoms with Crippen molar-refractivity contribution in [2.75, 3.05) is 0 Å². The van der Waals surface area contributed by atoms with Crippen LogP contribution in [0.3, 0.4) is 0 Å². The minimum atomic E-state index is -0.831. The maximum Gasteiger partial charge on any atom is 0.303 e. The Morgan fingerprint density at radius 2 is 1.91 bits per heavy atom. The summed E-state index contributed by atoms with van der Waals surface area (Å²) in [5.41, 5.74) is 0.805. The number of alkyl halides is 2. The molecule has 0 heterocycles. The second kappa shape index (κ2) is 7.63. The first-order valence-electron chi connectivity index (χ1n) is 7.77. The standard InChI is InChI=1S/C17H22Cl2O4/c1-9(2)12-8-11(3-4-15(12)20)23-17-13(18)5-10(6-14(17)19)7-16(21)22/h3-4,8-10,13-14,17,20H,5-7H2,1-2H3,(H,21,22). The topological polar surface area (TPSA) is 66.8 Å². The molecular formula is C17H22Cl2O4. The van der Waals surface area contributed by atoms with Crippen LogP contribution in [0, 0.1) is 5.92 Å². The van der Waals surface area contributed by atoms with E-state index in [1.54, 1.807) is 18.2 Å².